The molecule has 0 fully saturated rings. The predicted octanol–water partition coefficient (Wildman–Crippen LogP) is 4.17. The third-order valence-corrected chi connectivity index (χ3v) is 5.04. The second-order valence-corrected chi connectivity index (χ2v) is 6.45. The molecule has 0 aliphatic rings. The van der Waals surface area contributed by atoms with E-state index in [1.54, 1.807) is 12.1 Å². The average molecular weight is 379 g/mol. The standard InChI is InChI=1S/C17H12ClFN2O3S/c1-24-13-6-9(2-5-12(13)22)8-20-21-17(23)16-15(18)11-4-3-10(19)7-14(11)25-16/h2-8,22H,1H3,(H,21,23)/b20-8+. The molecule has 0 unspecified atom stereocenters. The summed E-state index contributed by atoms with van der Waals surface area (Å²) in [5.74, 6) is -0.580. The molecule has 0 radical (unpaired) electrons. The van der Waals surface area contributed by atoms with Crippen LogP contribution in [-0.2, 0) is 0 Å². The lowest BCUT2D eigenvalue weighted by molar-refractivity contribution is 0.0959. The van der Waals surface area contributed by atoms with Crippen molar-refractivity contribution in [2.45, 2.75) is 0 Å². The lowest BCUT2D eigenvalue weighted by Gasteiger charge is -2.03. The molecule has 1 heterocycles. The van der Waals surface area contributed by atoms with Gasteiger partial charge in [0.15, 0.2) is 11.5 Å². The van der Waals surface area contributed by atoms with Gasteiger partial charge in [0, 0.05) is 10.1 Å². The zero-order valence-corrected chi connectivity index (χ0v) is 14.5. The number of fused-ring (bicyclic) bond motifs is 1. The van der Waals surface area contributed by atoms with Gasteiger partial charge in [-0.2, -0.15) is 5.10 Å². The summed E-state index contributed by atoms with van der Waals surface area (Å²) in [6.07, 6.45) is 1.40. The van der Waals surface area contributed by atoms with Gasteiger partial charge in [-0.25, -0.2) is 9.82 Å². The van der Waals surface area contributed by atoms with E-state index in [2.05, 4.69) is 10.5 Å². The molecule has 0 saturated carbocycles. The summed E-state index contributed by atoms with van der Waals surface area (Å²) in [5.41, 5.74) is 3.00. The molecule has 0 aliphatic carbocycles. The summed E-state index contributed by atoms with van der Waals surface area (Å²) in [6.45, 7) is 0. The van der Waals surface area contributed by atoms with Crippen molar-refractivity contribution in [3.63, 3.8) is 0 Å². The molecule has 25 heavy (non-hydrogen) atoms. The zero-order valence-electron chi connectivity index (χ0n) is 12.9. The molecule has 2 aromatic carbocycles. The molecule has 128 valence electrons. The molecular weight excluding hydrogens is 367 g/mol. The predicted molar refractivity (Wildman–Crippen MR) is 96.5 cm³/mol. The number of methoxy groups -OCH3 is 1. The number of halogens is 2. The van der Waals surface area contributed by atoms with Crippen molar-refractivity contribution in [3.05, 3.63) is 57.7 Å². The van der Waals surface area contributed by atoms with E-state index in [1.807, 2.05) is 0 Å². The number of phenolic OH excluding ortho intramolecular Hbond substituents is 1. The number of hydrogen-bond donors (Lipinski definition) is 2. The van der Waals surface area contributed by atoms with Crippen molar-refractivity contribution < 1.29 is 19.0 Å². The molecule has 0 saturated heterocycles. The molecule has 8 heteroatoms. The van der Waals surface area contributed by atoms with Gasteiger partial charge in [0.1, 0.15) is 10.7 Å². The van der Waals surface area contributed by atoms with Crippen molar-refractivity contribution in [2.75, 3.05) is 7.11 Å². The van der Waals surface area contributed by atoms with Crippen molar-refractivity contribution >= 4 is 45.1 Å². The molecular formula is C17H12ClFN2O3S. The van der Waals surface area contributed by atoms with E-state index in [0.29, 0.717) is 21.4 Å². The van der Waals surface area contributed by atoms with Crippen molar-refractivity contribution in [2.24, 2.45) is 5.10 Å². The largest absolute Gasteiger partial charge is 0.504 e. The van der Waals surface area contributed by atoms with E-state index in [-0.39, 0.29) is 15.6 Å². The van der Waals surface area contributed by atoms with Crippen LogP contribution < -0.4 is 10.2 Å². The minimum Gasteiger partial charge on any atom is -0.504 e. The first kappa shape index (κ1) is 17.2. The van der Waals surface area contributed by atoms with E-state index in [1.165, 1.54) is 37.6 Å². The number of ether oxygens (including phenoxy) is 1. The Bertz CT molecular complexity index is 987. The summed E-state index contributed by atoms with van der Waals surface area (Å²) >= 11 is 7.28. The van der Waals surface area contributed by atoms with Crippen LogP contribution in [0.15, 0.2) is 41.5 Å². The second kappa shape index (κ2) is 7.08. The number of aromatic hydroxyl groups is 1. The number of nitrogens with one attached hydrogen (secondary N) is 1. The molecule has 0 aliphatic heterocycles. The van der Waals surface area contributed by atoms with Crippen LogP contribution in [0.3, 0.4) is 0 Å². The topological polar surface area (TPSA) is 70.9 Å². The summed E-state index contributed by atoms with van der Waals surface area (Å²) in [4.78, 5) is 12.5. The lowest BCUT2D eigenvalue weighted by Crippen LogP contribution is -2.16. The normalized spacial score (nSPS) is 11.2. The van der Waals surface area contributed by atoms with Gasteiger partial charge in [0.05, 0.1) is 18.3 Å². The number of hydrazone groups is 1. The fraction of sp³-hybridized carbons (Fsp3) is 0.0588. The van der Waals surface area contributed by atoms with Crippen molar-refractivity contribution in [1.29, 1.82) is 0 Å². The highest BCUT2D eigenvalue weighted by atomic mass is 35.5. The fourth-order valence-electron chi connectivity index (χ4n) is 2.18. The molecule has 3 rings (SSSR count). The van der Waals surface area contributed by atoms with E-state index >= 15 is 0 Å². The molecule has 1 aromatic heterocycles. The number of carbonyl (C=O) groups is 1. The fourth-order valence-corrected chi connectivity index (χ4v) is 3.61. The van der Waals surface area contributed by atoms with Gasteiger partial charge in [0.2, 0.25) is 0 Å². The zero-order chi connectivity index (χ0) is 18.0. The quantitative estimate of drug-likeness (QED) is 0.528. The van der Waals surface area contributed by atoms with Gasteiger partial charge < -0.3 is 9.84 Å². The SMILES string of the molecule is COc1cc(/C=N/NC(=O)c2sc3cc(F)ccc3c2Cl)ccc1O. The van der Waals surface area contributed by atoms with Crippen LogP contribution in [-0.4, -0.2) is 24.3 Å². The third kappa shape index (κ3) is 3.57. The summed E-state index contributed by atoms with van der Waals surface area (Å²) in [7, 11) is 1.43. The van der Waals surface area contributed by atoms with Crippen molar-refractivity contribution in [1.82, 2.24) is 5.43 Å². The molecule has 0 atom stereocenters. The van der Waals surface area contributed by atoms with Crippen LogP contribution in [0, 0.1) is 5.82 Å². The van der Waals surface area contributed by atoms with Gasteiger partial charge >= 0.3 is 0 Å². The Labute approximate surface area is 151 Å². The molecule has 0 spiro atoms. The third-order valence-electron chi connectivity index (χ3n) is 3.38. The van der Waals surface area contributed by atoms with Crippen LogP contribution in [0.1, 0.15) is 15.2 Å². The van der Waals surface area contributed by atoms with E-state index in [0.717, 1.165) is 11.3 Å². The van der Waals surface area contributed by atoms with Gasteiger partial charge in [0.25, 0.3) is 5.91 Å². The number of benzene rings is 2. The van der Waals surface area contributed by atoms with E-state index in [9.17, 15) is 14.3 Å². The number of rotatable bonds is 4. The first-order chi connectivity index (χ1) is 12.0. The Morgan fingerprint density at radius 2 is 2.16 bits per heavy atom. The van der Waals surface area contributed by atoms with Gasteiger partial charge in [-0.15, -0.1) is 11.3 Å². The Kier molecular flexibility index (Phi) is 4.87. The van der Waals surface area contributed by atoms with Gasteiger partial charge in [-0.3, -0.25) is 4.79 Å². The Balaban J connectivity index is 1.77. The number of thiophene rings is 1. The van der Waals surface area contributed by atoms with Crippen LogP contribution in [0.2, 0.25) is 5.02 Å². The Morgan fingerprint density at radius 1 is 1.36 bits per heavy atom. The minimum absolute atomic E-state index is 0.00738. The number of carbonyl (C=O) groups excluding carboxylic acids is 1. The van der Waals surface area contributed by atoms with Crippen molar-refractivity contribution in [3.8, 4) is 11.5 Å². The molecule has 2 N–H and O–H groups in total. The van der Waals surface area contributed by atoms with E-state index in [4.69, 9.17) is 16.3 Å². The highest BCUT2D eigenvalue weighted by molar-refractivity contribution is 7.21. The van der Waals surface area contributed by atoms with Crippen LogP contribution in [0.4, 0.5) is 4.39 Å². The smallest absolute Gasteiger partial charge is 0.283 e. The Hall–Kier alpha value is -2.64. The molecule has 3 aromatic rings. The molecule has 5 nitrogen and oxygen atoms in total. The monoisotopic (exact) mass is 378 g/mol. The number of phenols is 1. The summed E-state index contributed by atoms with van der Waals surface area (Å²) < 4.78 is 18.9. The maximum Gasteiger partial charge on any atom is 0.283 e. The van der Waals surface area contributed by atoms with E-state index < -0.39 is 11.7 Å². The maximum atomic E-state index is 13.3. The minimum atomic E-state index is -0.492. The number of hydrogen-bond acceptors (Lipinski definition) is 5. The Morgan fingerprint density at radius 3 is 2.92 bits per heavy atom. The highest BCUT2D eigenvalue weighted by Crippen LogP contribution is 2.35. The highest BCUT2D eigenvalue weighted by Gasteiger charge is 2.17. The second-order valence-electron chi connectivity index (χ2n) is 5.02. The van der Waals surface area contributed by atoms with Gasteiger partial charge in [-0.1, -0.05) is 11.6 Å². The van der Waals surface area contributed by atoms with Crippen LogP contribution >= 0.6 is 22.9 Å². The summed E-state index contributed by atoms with van der Waals surface area (Å²) in [5, 5.41) is 14.3. The molecule has 1 amide bonds. The first-order valence-corrected chi connectivity index (χ1v) is 8.27. The lowest BCUT2D eigenvalue weighted by atomic mass is 10.2. The number of nitrogens with zero attached hydrogens (tertiary/aromatic N) is 1. The van der Waals surface area contributed by atoms with Gasteiger partial charge in [-0.05, 0) is 42.0 Å². The summed E-state index contributed by atoms with van der Waals surface area (Å²) in [6, 6.07) is 8.79. The number of amides is 1. The van der Waals surface area contributed by atoms with Crippen LogP contribution in [0.5, 0.6) is 11.5 Å². The molecule has 0 bridgehead atoms. The van der Waals surface area contributed by atoms with Crippen LogP contribution in [0.25, 0.3) is 10.1 Å². The average Bonchev–Trinajstić information content (AvgIpc) is 2.92. The maximum absolute atomic E-state index is 13.3. The first-order valence-electron chi connectivity index (χ1n) is 7.07.